The van der Waals surface area contributed by atoms with Gasteiger partial charge in [-0.05, 0) is 25.1 Å². The minimum Gasteiger partial charge on any atom is -0.462 e. The molecule has 0 saturated heterocycles. The van der Waals surface area contributed by atoms with E-state index >= 15 is 0 Å². The van der Waals surface area contributed by atoms with E-state index in [1.807, 2.05) is 5.38 Å². The van der Waals surface area contributed by atoms with Gasteiger partial charge < -0.3 is 9.30 Å². The summed E-state index contributed by atoms with van der Waals surface area (Å²) >= 11 is 7.31. The molecule has 1 aromatic carbocycles. The molecule has 0 atom stereocenters. The van der Waals surface area contributed by atoms with Gasteiger partial charge in [0.05, 0.1) is 23.6 Å². The average Bonchev–Trinajstić information content (AvgIpc) is 3.28. The topological polar surface area (TPSA) is 74.1 Å². The van der Waals surface area contributed by atoms with Gasteiger partial charge >= 0.3 is 5.97 Å². The zero-order valence-electron chi connectivity index (χ0n) is 15.8. The SMILES string of the molecule is CCOC(=O)c1cn(Cc2cccc(Cl)c2F)c2nc(-c3nccs3)ccc2c1=O. The molecule has 0 fully saturated rings. The lowest BCUT2D eigenvalue weighted by molar-refractivity contribution is 0.0524. The van der Waals surface area contributed by atoms with E-state index in [4.69, 9.17) is 16.3 Å². The Kier molecular flexibility index (Phi) is 5.61. The Balaban J connectivity index is 1.95. The molecule has 3 aromatic heterocycles. The number of esters is 1. The van der Waals surface area contributed by atoms with Crippen LogP contribution in [-0.2, 0) is 11.3 Å². The minimum atomic E-state index is -0.742. The third-order valence-electron chi connectivity index (χ3n) is 4.44. The van der Waals surface area contributed by atoms with Crippen LogP contribution in [-0.4, -0.2) is 27.1 Å². The van der Waals surface area contributed by atoms with E-state index in [1.165, 1.54) is 23.6 Å². The first-order valence-electron chi connectivity index (χ1n) is 9.03. The van der Waals surface area contributed by atoms with Gasteiger partial charge in [-0.1, -0.05) is 23.7 Å². The number of aromatic nitrogens is 3. The van der Waals surface area contributed by atoms with Gasteiger partial charge in [0.25, 0.3) is 0 Å². The summed E-state index contributed by atoms with van der Waals surface area (Å²) in [5, 5.41) is 2.71. The molecule has 152 valence electrons. The second kappa shape index (κ2) is 8.33. The van der Waals surface area contributed by atoms with Crippen molar-refractivity contribution in [3.63, 3.8) is 0 Å². The molecular formula is C21H15ClFN3O3S. The zero-order valence-corrected chi connectivity index (χ0v) is 17.3. The molecule has 0 N–H and O–H groups in total. The second-order valence-electron chi connectivity index (χ2n) is 6.34. The molecule has 0 aliphatic heterocycles. The van der Waals surface area contributed by atoms with E-state index in [9.17, 15) is 14.0 Å². The van der Waals surface area contributed by atoms with Gasteiger partial charge in [0, 0.05) is 23.3 Å². The van der Waals surface area contributed by atoms with Crippen LogP contribution >= 0.6 is 22.9 Å². The standard InChI is InChI=1S/C21H15ClFN3O3S/c1-2-29-21(28)14-11-26(10-12-4-3-5-15(22)17(12)23)19-13(18(14)27)6-7-16(25-19)20-24-8-9-30-20/h3-9,11H,2,10H2,1H3. The maximum absolute atomic E-state index is 14.5. The summed E-state index contributed by atoms with van der Waals surface area (Å²) in [6.07, 6.45) is 3.01. The average molecular weight is 444 g/mol. The maximum Gasteiger partial charge on any atom is 0.343 e. The summed E-state index contributed by atoms with van der Waals surface area (Å²) in [5.74, 6) is -1.31. The molecule has 0 amide bonds. The summed E-state index contributed by atoms with van der Waals surface area (Å²) in [7, 11) is 0. The van der Waals surface area contributed by atoms with Gasteiger partial charge in [0.1, 0.15) is 27.7 Å². The summed E-state index contributed by atoms with van der Waals surface area (Å²) in [4.78, 5) is 34.1. The lowest BCUT2D eigenvalue weighted by atomic mass is 10.1. The highest BCUT2D eigenvalue weighted by Gasteiger charge is 2.19. The Morgan fingerprint density at radius 1 is 1.30 bits per heavy atom. The zero-order chi connectivity index (χ0) is 21.3. The number of fused-ring (bicyclic) bond motifs is 1. The van der Waals surface area contributed by atoms with E-state index in [2.05, 4.69) is 9.97 Å². The first-order chi connectivity index (χ1) is 14.5. The van der Waals surface area contributed by atoms with Gasteiger partial charge in [0.2, 0.25) is 5.43 Å². The van der Waals surface area contributed by atoms with E-state index < -0.39 is 17.2 Å². The highest BCUT2D eigenvalue weighted by Crippen LogP contribution is 2.24. The number of carbonyl (C=O) groups is 1. The number of halogens is 2. The van der Waals surface area contributed by atoms with Crippen LogP contribution in [0, 0.1) is 5.82 Å². The summed E-state index contributed by atoms with van der Waals surface area (Å²) in [6, 6.07) is 7.93. The largest absolute Gasteiger partial charge is 0.462 e. The normalized spacial score (nSPS) is 11.0. The number of hydrogen-bond donors (Lipinski definition) is 0. The molecule has 0 spiro atoms. The van der Waals surface area contributed by atoms with E-state index in [0.717, 1.165) is 0 Å². The Hall–Kier alpha value is -3.10. The molecule has 30 heavy (non-hydrogen) atoms. The Bertz CT molecular complexity index is 1310. The van der Waals surface area contributed by atoms with Crippen molar-refractivity contribution in [3.8, 4) is 10.7 Å². The fraction of sp³-hybridized carbons (Fsp3) is 0.143. The van der Waals surface area contributed by atoms with Crippen LogP contribution in [0.1, 0.15) is 22.8 Å². The fourth-order valence-electron chi connectivity index (χ4n) is 3.06. The lowest BCUT2D eigenvalue weighted by Gasteiger charge is -2.14. The molecule has 0 radical (unpaired) electrons. The van der Waals surface area contributed by atoms with Crippen molar-refractivity contribution < 1.29 is 13.9 Å². The second-order valence-corrected chi connectivity index (χ2v) is 7.64. The van der Waals surface area contributed by atoms with Crippen molar-refractivity contribution in [2.45, 2.75) is 13.5 Å². The van der Waals surface area contributed by atoms with Crippen molar-refractivity contribution in [1.82, 2.24) is 14.5 Å². The molecule has 0 aliphatic carbocycles. The quantitative estimate of drug-likeness (QED) is 0.423. The van der Waals surface area contributed by atoms with Gasteiger partial charge in [-0.2, -0.15) is 0 Å². The third-order valence-corrected chi connectivity index (χ3v) is 5.53. The number of nitrogens with zero attached hydrogens (tertiary/aromatic N) is 3. The summed E-state index contributed by atoms with van der Waals surface area (Å²) in [6.45, 7) is 1.80. The van der Waals surface area contributed by atoms with Crippen LogP contribution in [0.5, 0.6) is 0 Å². The Morgan fingerprint density at radius 2 is 2.13 bits per heavy atom. The van der Waals surface area contributed by atoms with Crippen LogP contribution in [0.15, 0.2) is 52.9 Å². The predicted molar refractivity (Wildman–Crippen MR) is 114 cm³/mol. The van der Waals surface area contributed by atoms with E-state index in [1.54, 1.807) is 42.0 Å². The Morgan fingerprint density at radius 3 is 2.87 bits per heavy atom. The van der Waals surface area contributed by atoms with Crippen molar-refractivity contribution in [2.75, 3.05) is 6.61 Å². The highest BCUT2D eigenvalue weighted by atomic mass is 35.5. The molecule has 0 unspecified atom stereocenters. The highest BCUT2D eigenvalue weighted by molar-refractivity contribution is 7.13. The summed E-state index contributed by atoms with van der Waals surface area (Å²) in [5.41, 5.74) is 0.532. The molecule has 9 heteroatoms. The number of hydrogen-bond acceptors (Lipinski definition) is 6. The minimum absolute atomic E-state index is 0.0140. The van der Waals surface area contributed by atoms with Crippen LogP contribution in [0.3, 0.4) is 0 Å². The number of pyridine rings is 2. The molecular weight excluding hydrogens is 429 g/mol. The fourth-order valence-corrected chi connectivity index (χ4v) is 3.86. The van der Waals surface area contributed by atoms with Gasteiger partial charge in [-0.15, -0.1) is 11.3 Å². The molecule has 4 aromatic rings. The van der Waals surface area contributed by atoms with Crippen LogP contribution < -0.4 is 5.43 Å². The molecule has 0 saturated carbocycles. The summed E-state index contributed by atoms with van der Waals surface area (Å²) < 4.78 is 21.1. The van der Waals surface area contributed by atoms with Crippen molar-refractivity contribution in [1.29, 1.82) is 0 Å². The van der Waals surface area contributed by atoms with Crippen molar-refractivity contribution >= 4 is 39.9 Å². The lowest BCUT2D eigenvalue weighted by Crippen LogP contribution is -2.22. The third kappa shape index (κ3) is 3.71. The van der Waals surface area contributed by atoms with Crippen molar-refractivity contribution in [2.24, 2.45) is 0 Å². The number of benzene rings is 1. The van der Waals surface area contributed by atoms with Gasteiger partial charge in [-0.25, -0.2) is 19.2 Å². The number of ether oxygens (including phenoxy) is 1. The smallest absolute Gasteiger partial charge is 0.343 e. The van der Waals surface area contributed by atoms with Gasteiger partial charge in [-0.3, -0.25) is 4.79 Å². The van der Waals surface area contributed by atoms with Crippen molar-refractivity contribution in [3.05, 3.63) is 80.3 Å². The number of rotatable bonds is 5. The predicted octanol–water partition coefficient (Wildman–Crippen LogP) is 4.54. The number of carbonyl (C=O) groups excluding carboxylic acids is 1. The molecule has 3 heterocycles. The first-order valence-corrected chi connectivity index (χ1v) is 10.3. The van der Waals surface area contributed by atoms with Crippen LogP contribution in [0.25, 0.3) is 21.7 Å². The van der Waals surface area contributed by atoms with Crippen LogP contribution in [0.4, 0.5) is 4.39 Å². The van der Waals surface area contributed by atoms with Crippen LogP contribution in [0.2, 0.25) is 5.02 Å². The molecule has 4 rings (SSSR count). The maximum atomic E-state index is 14.5. The van der Waals surface area contributed by atoms with E-state index in [0.29, 0.717) is 21.9 Å². The monoisotopic (exact) mass is 443 g/mol. The number of thiazole rings is 1. The first kappa shape index (κ1) is 20.2. The Labute approximate surface area is 179 Å². The van der Waals surface area contributed by atoms with Gasteiger partial charge in [0.15, 0.2) is 0 Å². The molecule has 0 bridgehead atoms. The van der Waals surface area contributed by atoms with E-state index in [-0.39, 0.29) is 29.1 Å². The molecule has 0 aliphatic rings. The molecule has 6 nitrogen and oxygen atoms in total.